The summed E-state index contributed by atoms with van der Waals surface area (Å²) < 4.78 is 10.9. The summed E-state index contributed by atoms with van der Waals surface area (Å²) in [4.78, 5) is 0. The zero-order valence-corrected chi connectivity index (χ0v) is 7.77. The van der Waals surface area contributed by atoms with Gasteiger partial charge in [-0.2, -0.15) is 5.26 Å². The highest BCUT2D eigenvalue weighted by molar-refractivity contribution is 6.61. The van der Waals surface area contributed by atoms with Crippen LogP contribution >= 0.6 is 0 Å². The molecule has 1 aliphatic rings. The normalized spacial score (nSPS) is 16.4. The predicted octanol–water partition coefficient (Wildman–Crippen LogP) is 0.690. The lowest BCUT2D eigenvalue weighted by atomic mass is 9.77. The van der Waals surface area contributed by atoms with E-state index in [1.165, 1.54) is 0 Å². The fourth-order valence-corrected chi connectivity index (χ4v) is 1.44. The summed E-state index contributed by atoms with van der Waals surface area (Å²) in [7, 11) is -0.294. The summed E-state index contributed by atoms with van der Waals surface area (Å²) >= 11 is 0. The van der Waals surface area contributed by atoms with Gasteiger partial charge < -0.3 is 9.31 Å². The molecule has 1 aromatic carbocycles. The van der Waals surface area contributed by atoms with Gasteiger partial charge in [-0.3, -0.25) is 0 Å². The van der Waals surface area contributed by atoms with E-state index < -0.39 is 0 Å². The van der Waals surface area contributed by atoms with Gasteiger partial charge in [-0.1, -0.05) is 12.1 Å². The van der Waals surface area contributed by atoms with Crippen LogP contribution in [0.4, 0.5) is 0 Å². The Hall–Kier alpha value is -1.31. The molecule has 4 heteroatoms. The molecule has 0 aliphatic carbocycles. The Labute approximate surface area is 83.4 Å². The van der Waals surface area contributed by atoms with E-state index in [-0.39, 0.29) is 7.12 Å². The molecule has 0 saturated carbocycles. The third-order valence-corrected chi connectivity index (χ3v) is 2.12. The molecule has 1 heterocycles. The monoisotopic (exact) mass is 187 g/mol. The van der Waals surface area contributed by atoms with Gasteiger partial charge >= 0.3 is 7.12 Å². The molecule has 2 rings (SSSR count). The molecular formula is C10H10BNO2. The van der Waals surface area contributed by atoms with E-state index in [0.29, 0.717) is 5.56 Å². The number of hydrogen-bond donors (Lipinski definition) is 0. The van der Waals surface area contributed by atoms with Crippen LogP contribution in [0.3, 0.4) is 0 Å². The second kappa shape index (κ2) is 4.27. The highest BCUT2D eigenvalue weighted by atomic mass is 16.6. The molecule has 0 unspecified atom stereocenters. The third kappa shape index (κ3) is 1.95. The molecule has 1 aliphatic heterocycles. The summed E-state index contributed by atoms with van der Waals surface area (Å²) in [5, 5.41) is 8.73. The van der Waals surface area contributed by atoms with Crippen molar-refractivity contribution >= 4 is 12.6 Å². The number of hydrogen-bond acceptors (Lipinski definition) is 3. The van der Waals surface area contributed by atoms with Crippen LogP contribution < -0.4 is 5.46 Å². The van der Waals surface area contributed by atoms with E-state index in [0.717, 1.165) is 25.1 Å². The molecule has 0 bridgehead atoms. The maximum absolute atomic E-state index is 8.73. The lowest BCUT2D eigenvalue weighted by Crippen LogP contribution is -2.40. The third-order valence-electron chi connectivity index (χ3n) is 2.12. The first-order chi connectivity index (χ1) is 6.90. The number of benzene rings is 1. The minimum atomic E-state index is -0.294. The molecule has 1 aromatic rings. The van der Waals surface area contributed by atoms with Gasteiger partial charge in [-0.15, -0.1) is 0 Å². The first kappa shape index (κ1) is 9.26. The number of rotatable bonds is 1. The van der Waals surface area contributed by atoms with Crippen LogP contribution in [0.1, 0.15) is 12.0 Å². The van der Waals surface area contributed by atoms with Crippen molar-refractivity contribution in [3.63, 3.8) is 0 Å². The summed E-state index contributed by atoms with van der Waals surface area (Å²) in [5.41, 5.74) is 1.56. The minimum Gasteiger partial charge on any atom is -0.407 e. The predicted molar refractivity (Wildman–Crippen MR) is 53.1 cm³/mol. The summed E-state index contributed by atoms with van der Waals surface area (Å²) in [6, 6.07) is 9.42. The quantitative estimate of drug-likeness (QED) is 0.607. The van der Waals surface area contributed by atoms with E-state index >= 15 is 0 Å². The zero-order valence-electron chi connectivity index (χ0n) is 7.77. The molecule has 3 nitrogen and oxygen atoms in total. The lowest BCUT2D eigenvalue weighted by molar-refractivity contribution is 0.143. The van der Waals surface area contributed by atoms with Crippen LogP contribution in [0.2, 0.25) is 0 Å². The fourth-order valence-electron chi connectivity index (χ4n) is 1.44. The Morgan fingerprint density at radius 3 is 2.79 bits per heavy atom. The summed E-state index contributed by atoms with van der Waals surface area (Å²) in [6.07, 6.45) is 0.939. The minimum absolute atomic E-state index is 0.294. The molecule has 0 spiro atoms. The number of nitrogens with zero attached hydrogens (tertiary/aromatic N) is 1. The van der Waals surface area contributed by atoms with E-state index in [2.05, 4.69) is 6.07 Å². The zero-order chi connectivity index (χ0) is 9.80. The number of nitriles is 1. The highest BCUT2D eigenvalue weighted by Crippen LogP contribution is 2.03. The molecule has 0 radical (unpaired) electrons. The molecule has 0 aromatic heterocycles. The van der Waals surface area contributed by atoms with Crippen LogP contribution in [0.25, 0.3) is 0 Å². The van der Waals surface area contributed by atoms with Crippen LogP contribution in [0, 0.1) is 11.3 Å². The van der Waals surface area contributed by atoms with Crippen molar-refractivity contribution in [1.29, 1.82) is 5.26 Å². The first-order valence-electron chi connectivity index (χ1n) is 4.63. The van der Waals surface area contributed by atoms with Gasteiger partial charge in [0.1, 0.15) is 0 Å². The van der Waals surface area contributed by atoms with Crippen LogP contribution in [0.5, 0.6) is 0 Å². The van der Waals surface area contributed by atoms with Crippen LogP contribution in [-0.4, -0.2) is 20.3 Å². The van der Waals surface area contributed by atoms with Crippen molar-refractivity contribution in [3.05, 3.63) is 29.8 Å². The van der Waals surface area contributed by atoms with Crippen molar-refractivity contribution in [3.8, 4) is 6.07 Å². The van der Waals surface area contributed by atoms with Gasteiger partial charge in [0.05, 0.1) is 11.6 Å². The Kier molecular flexibility index (Phi) is 2.83. The van der Waals surface area contributed by atoms with Crippen molar-refractivity contribution < 1.29 is 9.31 Å². The van der Waals surface area contributed by atoms with Crippen molar-refractivity contribution in [2.75, 3.05) is 13.2 Å². The smallest absolute Gasteiger partial charge is 0.407 e. The van der Waals surface area contributed by atoms with Crippen LogP contribution in [-0.2, 0) is 9.31 Å². The van der Waals surface area contributed by atoms with Gasteiger partial charge in [-0.05, 0) is 24.0 Å². The Morgan fingerprint density at radius 1 is 1.29 bits per heavy atom. The van der Waals surface area contributed by atoms with Gasteiger partial charge in [0.2, 0.25) is 0 Å². The second-order valence-corrected chi connectivity index (χ2v) is 3.16. The SMILES string of the molecule is N#Cc1cccc(B2OCCCO2)c1. The molecule has 0 N–H and O–H groups in total. The lowest BCUT2D eigenvalue weighted by Gasteiger charge is -2.19. The molecule has 70 valence electrons. The Bertz CT molecular complexity index is 355. The van der Waals surface area contributed by atoms with E-state index in [1.807, 2.05) is 12.1 Å². The fraction of sp³-hybridized carbons (Fsp3) is 0.300. The van der Waals surface area contributed by atoms with Crippen LogP contribution in [0.15, 0.2) is 24.3 Å². The second-order valence-electron chi connectivity index (χ2n) is 3.16. The van der Waals surface area contributed by atoms with Gasteiger partial charge in [0.25, 0.3) is 0 Å². The molecule has 1 saturated heterocycles. The standard InChI is InChI=1S/C10H10BNO2/c12-8-9-3-1-4-10(7-9)11-13-5-2-6-14-11/h1,3-4,7H,2,5-6H2. The van der Waals surface area contributed by atoms with Crippen molar-refractivity contribution in [2.45, 2.75) is 6.42 Å². The maximum atomic E-state index is 8.73. The molecular weight excluding hydrogens is 177 g/mol. The maximum Gasteiger partial charge on any atom is 0.493 e. The van der Waals surface area contributed by atoms with Crippen molar-refractivity contribution in [2.24, 2.45) is 0 Å². The Balaban J connectivity index is 2.18. The van der Waals surface area contributed by atoms with E-state index in [4.69, 9.17) is 14.6 Å². The average molecular weight is 187 g/mol. The molecule has 1 fully saturated rings. The van der Waals surface area contributed by atoms with E-state index in [1.54, 1.807) is 12.1 Å². The molecule has 14 heavy (non-hydrogen) atoms. The van der Waals surface area contributed by atoms with Gasteiger partial charge in [0, 0.05) is 13.2 Å². The Morgan fingerprint density at radius 2 is 2.07 bits per heavy atom. The summed E-state index contributed by atoms with van der Waals surface area (Å²) in [6.45, 7) is 1.45. The van der Waals surface area contributed by atoms with Gasteiger partial charge in [0.15, 0.2) is 0 Å². The van der Waals surface area contributed by atoms with E-state index in [9.17, 15) is 0 Å². The van der Waals surface area contributed by atoms with Crippen molar-refractivity contribution in [1.82, 2.24) is 0 Å². The largest absolute Gasteiger partial charge is 0.493 e. The summed E-state index contributed by atoms with van der Waals surface area (Å²) in [5.74, 6) is 0. The highest BCUT2D eigenvalue weighted by Gasteiger charge is 2.24. The molecule has 0 atom stereocenters. The average Bonchev–Trinajstić information content (AvgIpc) is 2.30. The van der Waals surface area contributed by atoms with Gasteiger partial charge in [-0.25, -0.2) is 0 Å². The topological polar surface area (TPSA) is 42.2 Å². The molecule has 0 amide bonds. The first-order valence-corrected chi connectivity index (χ1v) is 4.63.